The zero-order valence-electron chi connectivity index (χ0n) is 11.2. The summed E-state index contributed by atoms with van der Waals surface area (Å²) in [7, 11) is 1.56. The number of hydrogen-bond donors (Lipinski definition) is 1. The van der Waals surface area contributed by atoms with Crippen LogP contribution >= 0.6 is 0 Å². The number of amides is 1. The Morgan fingerprint density at radius 2 is 2.25 bits per heavy atom. The summed E-state index contributed by atoms with van der Waals surface area (Å²) >= 11 is 0. The molecule has 0 atom stereocenters. The molecule has 1 aliphatic carbocycles. The number of fused-ring (bicyclic) bond motifs is 1. The smallest absolute Gasteiger partial charge is 0.279 e. The maximum atomic E-state index is 12.2. The zero-order valence-corrected chi connectivity index (χ0v) is 11.2. The minimum Gasteiger partial charge on any atom is -0.497 e. The number of carbonyl (C=O) groups is 1. The molecule has 2 aromatic rings. The summed E-state index contributed by atoms with van der Waals surface area (Å²) in [6.07, 6.45) is 5.42. The zero-order chi connectivity index (χ0) is 13.9. The first-order valence-electron chi connectivity index (χ1n) is 6.57. The number of anilines is 1. The second-order valence-corrected chi connectivity index (χ2v) is 4.68. The van der Waals surface area contributed by atoms with Crippen LogP contribution in [0.4, 0.5) is 5.82 Å². The number of nitrogens with zero attached hydrogens (tertiary/aromatic N) is 2. The number of methoxy groups -OCH3 is 1. The average molecular weight is 273 g/mol. The second kappa shape index (κ2) is 5.32. The van der Waals surface area contributed by atoms with Crippen molar-refractivity contribution >= 4 is 11.7 Å². The van der Waals surface area contributed by atoms with E-state index in [-0.39, 0.29) is 5.91 Å². The van der Waals surface area contributed by atoms with Crippen LogP contribution in [-0.2, 0) is 12.8 Å². The lowest BCUT2D eigenvalue weighted by atomic mass is 9.96. The van der Waals surface area contributed by atoms with Crippen molar-refractivity contribution in [2.75, 3.05) is 12.4 Å². The van der Waals surface area contributed by atoms with Crippen LogP contribution in [0.1, 0.15) is 34.7 Å². The Balaban J connectivity index is 1.80. The lowest BCUT2D eigenvalue weighted by Gasteiger charge is -2.09. The van der Waals surface area contributed by atoms with Gasteiger partial charge in [-0.2, -0.15) is 0 Å². The fourth-order valence-electron chi connectivity index (χ4n) is 2.35. The second-order valence-electron chi connectivity index (χ2n) is 4.68. The quantitative estimate of drug-likeness (QED) is 0.927. The summed E-state index contributed by atoms with van der Waals surface area (Å²) in [4.78, 5) is 16.3. The monoisotopic (exact) mass is 273 g/mol. The van der Waals surface area contributed by atoms with E-state index in [9.17, 15) is 4.79 Å². The number of carbonyl (C=O) groups excluding carboxylic acids is 1. The van der Waals surface area contributed by atoms with Crippen LogP contribution in [0, 0.1) is 0 Å². The largest absolute Gasteiger partial charge is 0.497 e. The van der Waals surface area contributed by atoms with Crippen molar-refractivity contribution < 1.29 is 14.1 Å². The van der Waals surface area contributed by atoms with Crippen molar-refractivity contribution in [3.05, 3.63) is 35.3 Å². The molecule has 1 N–H and O–H groups in total. The van der Waals surface area contributed by atoms with Gasteiger partial charge < -0.3 is 14.6 Å². The minimum atomic E-state index is -0.294. The van der Waals surface area contributed by atoms with Crippen LogP contribution in [0.25, 0.3) is 0 Å². The molecule has 6 nitrogen and oxygen atoms in total. The number of ether oxygens (including phenoxy) is 1. The summed E-state index contributed by atoms with van der Waals surface area (Å²) in [5, 5.41) is 6.61. The Morgan fingerprint density at radius 3 is 3.10 bits per heavy atom. The van der Waals surface area contributed by atoms with Crippen molar-refractivity contribution in [1.82, 2.24) is 10.1 Å². The summed E-state index contributed by atoms with van der Waals surface area (Å²) < 4.78 is 10.3. The van der Waals surface area contributed by atoms with Crippen LogP contribution < -0.4 is 10.1 Å². The molecule has 1 aliphatic rings. The van der Waals surface area contributed by atoms with Crippen LogP contribution in [0.3, 0.4) is 0 Å². The van der Waals surface area contributed by atoms with E-state index in [1.165, 1.54) is 0 Å². The van der Waals surface area contributed by atoms with Gasteiger partial charge in [0.05, 0.1) is 7.11 Å². The first-order chi connectivity index (χ1) is 9.78. The van der Waals surface area contributed by atoms with E-state index in [2.05, 4.69) is 15.5 Å². The fraction of sp³-hybridized carbons (Fsp3) is 0.357. The Bertz CT molecular complexity index is 636. The molecule has 0 aliphatic heterocycles. The minimum absolute atomic E-state index is 0.294. The molecular formula is C14H15N3O3. The molecule has 0 saturated heterocycles. The standard InChI is InChI=1S/C14H15N3O3/c1-19-9-6-7-15-12(8-9)16-14(18)13-10-4-2-3-5-11(10)20-17-13/h6-8H,2-5H2,1H3,(H,15,16,18). The Morgan fingerprint density at radius 1 is 1.40 bits per heavy atom. The molecule has 0 radical (unpaired) electrons. The van der Waals surface area contributed by atoms with E-state index in [0.29, 0.717) is 17.3 Å². The van der Waals surface area contributed by atoms with E-state index in [4.69, 9.17) is 9.26 Å². The predicted octanol–water partition coefficient (Wildman–Crippen LogP) is 2.21. The van der Waals surface area contributed by atoms with Gasteiger partial charge in [-0.3, -0.25) is 4.79 Å². The Labute approximate surface area is 116 Å². The fourth-order valence-corrected chi connectivity index (χ4v) is 2.35. The Hall–Kier alpha value is -2.37. The number of nitrogens with one attached hydrogen (secondary N) is 1. The molecule has 0 saturated carbocycles. The first kappa shape index (κ1) is 12.7. The predicted molar refractivity (Wildman–Crippen MR) is 71.9 cm³/mol. The third-order valence-corrected chi connectivity index (χ3v) is 3.37. The van der Waals surface area contributed by atoms with Gasteiger partial charge in [0.2, 0.25) is 0 Å². The van der Waals surface area contributed by atoms with Crippen LogP contribution in [0.15, 0.2) is 22.9 Å². The third-order valence-electron chi connectivity index (χ3n) is 3.37. The molecule has 20 heavy (non-hydrogen) atoms. The number of aromatic nitrogens is 2. The van der Waals surface area contributed by atoms with Gasteiger partial charge in [-0.1, -0.05) is 5.16 Å². The van der Waals surface area contributed by atoms with Gasteiger partial charge in [0.1, 0.15) is 17.3 Å². The maximum Gasteiger partial charge on any atom is 0.279 e. The maximum absolute atomic E-state index is 12.2. The summed E-state index contributed by atoms with van der Waals surface area (Å²) in [6.45, 7) is 0. The number of rotatable bonds is 3. The van der Waals surface area contributed by atoms with Crippen molar-refractivity contribution in [2.24, 2.45) is 0 Å². The molecule has 0 aromatic carbocycles. The summed E-state index contributed by atoms with van der Waals surface area (Å²) in [5.74, 6) is 1.61. The van der Waals surface area contributed by atoms with E-state index >= 15 is 0 Å². The summed E-state index contributed by atoms with van der Waals surface area (Å²) in [5.41, 5.74) is 1.29. The van der Waals surface area contributed by atoms with Crippen LogP contribution in [0.2, 0.25) is 0 Å². The number of pyridine rings is 1. The lowest BCUT2D eigenvalue weighted by Crippen LogP contribution is -2.16. The molecule has 0 fully saturated rings. The van der Waals surface area contributed by atoms with Crippen molar-refractivity contribution in [1.29, 1.82) is 0 Å². The van der Waals surface area contributed by atoms with Crippen molar-refractivity contribution in [2.45, 2.75) is 25.7 Å². The highest BCUT2D eigenvalue weighted by Gasteiger charge is 2.24. The molecular weight excluding hydrogens is 258 g/mol. The van der Waals surface area contributed by atoms with E-state index in [1.54, 1.807) is 25.4 Å². The van der Waals surface area contributed by atoms with Crippen LogP contribution in [0.5, 0.6) is 5.75 Å². The highest BCUT2D eigenvalue weighted by atomic mass is 16.5. The van der Waals surface area contributed by atoms with Gasteiger partial charge in [-0.15, -0.1) is 0 Å². The average Bonchev–Trinajstić information content (AvgIpc) is 2.91. The normalized spacial score (nSPS) is 13.7. The van der Waals surface area contributed by atoms with Crippen molar-refractivity contribution in [3.63, 3.8) is 0 Å². The van der Waals surface area contributed by atoms with Gasteiger partial charge in [-0.05, 0) is 25.3 Å². The molecule has 0 bridgehead atoms. The van der Waals surface area contributed by atoms with Gasteiger partial charge in [-0.25, -0.2) is 4.98 Å². The molecule has 1 amide bonds. The van der Waals surface area contributed by atoms with Gasteiger partial charge >= 0.3 is 0 Å². The molecule has 0 spiro atoms. The lowest BCUT2D eigenvalue weighted by molar-refractivity contribution is 0.101. The highest BCUT2D eigenvalue weighted by molar-refractivity contribution is 6.03. The van der Waals surface area contributed by atoms with Gasteiger partial charge in [0.15, 0.2) is 5.69 Å². The summed E-state index contributed by atoms with van der Waals surface area (Å²) in [6, 6.07) is 3.37. The SMILES string of the molecule is COc1ccnc(NC(=O)c2noc3c2CCCC3)c1. The highest BCUT2D eigenvalue weighted by Crippen LogP contribution is 2.25. The number of hydrogen-bond acceptors (Lipinski definition) is 5. The topological polar surface area (TPSA) is 77.2 Å². The van der Waals surface area contributed by atoms with Gasteiger partial charge in [0.25, 0.3) is 5.91 Å². The molecule has 0 unspecified atom stereocenters. The van der Waals surface area contributed by atoms with Crippen molar-refractivity contribution in [3.8, 4) is 5.75 Å². The molecule has 3 rings (SSSR count). The first-order valence-corrected chi connectivity index (χ1v) is 6.57. The van der Waals surface area contributed by atoms with E-state index < -0.39 is 0 Å². The molecule has 104 valence electrons. The molecule has 2 aromatic heterocycles. The van der Waals surface area contributed by atoms with Crippen LogP contribution in [-0.4, -0.2) is 23.2 Å². The third kappa shape index (κ3) is 2.36. The Kier molecular flexibility index (Phi) is 3.37. The van der Waals surface area contributed by atoms with E-state index in [0.717, 1.165) is 37.0 Å². The number of aryl methyl sites for hydroxylation is 1. The molecule has 6 heteroatoms. The molecule has 2 heterocycles. The van der Waals surface area contributed by atoms with E-state index in [1.807, 2.05) is 0 Å². The van der Waals surface area contributed by atoms with Gasteiger partial charge in [0, 0.05) is 24.2 Å².